The lowest BCUT2D eigenvalue weighted by Gasteiger charge is -2.19. The lowest BCUT2D eigenvalue weighted by atomic mass is 10.1. The van der Waals surface area contributed by atoms with Crippen molar-refractivity contribution in [1.82, 2.24) is 14.9 Å². The maximum atomic E-state index is 10.2. The number of fused-ring (bicyclic) bond motifs is 1. The summed E-state index contributed by atoms with van der Waals surface area (Å²) in [5, 5.41) is 14.7. The van der Waals surface area contributed by atoms with Crippen LogP contribution in [0.3, 0.4) is 0 Å². The molecule has 2 aromatic heterocycles. The Hall–Kier alpha value is -2.18. The molecule has 0 bridgehead atoms. The van der Waals surface area contributed by atoms with E-state index in [4.69, 9.17) is 0 Å². The molecule has 0 atom stereocenters. The highest BCUT2D eigenvalue weighted by atomic mass is 32.1. The largest absolute Gasteiger partial charge is 0.508 e. The van der Waals surface area contributed by atoms with Gasteiger partial charge < -0.3 is 10.4 Å². The van der Waals surface area contributed by atoms with Gasteiger partial charge in [-0.25, -0.2) is 9.97 Å². The van der Waals surface area contributed by atoms with Crippen molar-refractivity contribution in [3.63, 3.8) is 0 Å². The zero-order valence-corrected chi connectivity index (χ0v) is 15.9. The number of rotatable bonds is 6. The van der Waals surface area contributed by atoms with Gasteiger partial charge in [0, 0.05) is 22.7 Å². The minimum Gasteiger partial charge on any atom is -0.508 e. The molecule has 0 fully saturated rings. The summed E-state index contributed by atoms with van der Waals surface area (Å²) in [7, 11) is 0. The molecule has 2 N–H and O–H groups in total. The molecule has 0 aliphatic rings. The average molecular weight is 356 g/mol. The molecule has 0 amide bonds. The molecule has 0 saturated carbocycles. The lowest BCUT2D eigenvalue weighted by molar-refractivity contribution is 0.291. The Balaban J connectivity index is 1.94. The Bertz CT molecular complexity index is 887. The lowest BCUT2D eigenvalue weighted by Crippen LogP contribution is -2.22. The zero-order chi connectivity index (χ0) is 18.0. The van der Waals surface area contributed by atoms with E-state index in [2.05, 4.69) is 47.9 Å². The Kier molecular flexibility index (Phi) is 5.20. The van der Waals surface area contributed by atoms with E-state index >= 15 is 0 Å². The highest BCUT2D eigenvalue weighted by molar-refractivity contribution is 7.18. The first-order chi connectivity index (χ1) is 12.0. The Morgan fingerprint density at radius 2 is 1.92 bits per heavy atom. The van der Waals surface area contributed by atoms with Gasteiger partial charge in [0.05, 0.1) is 5.39 Å². The molecule has 0 aliphatic heterocycles. The third kappa shape index (κ3) is 3.60. The van der Waals surface area contributed by atoms with E-state index in [9.17, 15) is 5.11 Å². The van der Waals surface area contributed by atoms with Gasteiger partial charge in [0.2, 0.25) is 0 Å². The standard InChI is InChI=1S/C19H24N4OS/c1-5-23(6-2)10-14-9-15(7-8-16(14)24)22-18-17-12(3)13(4)25-19(17)21-11-20-18/h7-9,11,24H,5-6,10H2,1-4H3,(H,20,21,22). The second-order valence-electron chi connectivity index (χ2n) is 6.12. The van der Waals surface area contributed by atoms with Gasteiger partial charge in [-0.05, 0) is 50.7 Å². The van der Waals surface area contributed by atoms with Crippen molar-refractivity contribution in [1.29, 1.82) is 0 Å². The molecule has 2 heterocycles. The first-order valence-corrected chi connectivity index (χ1v) is 9.37. The molecule has 3 rings (SSSR count). The van der Waals surface area contributed by atoms with Crippen molar-refractivity contribution in [2.45, 2.75) is 34.2 Å². The van der Waals surface area contributed by atoms with E-state index in [0.717, 1.165) is 46.9 Å². The van der Waals surface area contributed by atoms with Crippen LogP contribution in [0, 0.1) is 13.8 Å². The predicted octanol–water partition coefficient (Wildman–Crippen LogP) is 4.60. The summed E-state index contributed by atoms with van der Waals surface area (Å²) in [6, 6.07) is 5.62. The van der Waals surface area contributed by atoms with Crippen molar-refractivity contribution >= 4 is 33.1 Å². The number of aromatic nitrogens is 2. The summed E-state index contributed by atoms with van der Waals surface area (Å²) in [4.78, 5) is 13.3. The molecule has 0 radical (unpaired) electrons. The topological polar surface area (TPSA) is 61.3 Å². The smallest absolute Gasteiger partial charge is 0.142 e. The van der Waals surface area contributed by atoms with Crippen LogP contribution in [0.1, 0.15) is 29.9 Å². The minimum atomic E-state index is 0.327. The molecule has 6 heteroatoms. The van der Waals surface area contributed by atoms with Gasteiger partial charge in [-0.15, -0.1) is 11.3 Å². The van der Waals surface area contributed by atoms with Crippen LogP contribution in [0.15, 0.2) is 24.5 Å². The van der Waals surface area contributed by atoms with Gasteiger partial charge >= 0.3 is 0 Å². The van der Waals surface area contributed by atoms with Crippen LogP contribution in [0.2, 0.25) is 0 Å². The molecule has 0 unspecified atom stereocenters. The summed E-state index contributed by atoms with van der Waals surface area (Å²) in [5.41, 5.74) is 3.05. The predicted molar refractivity (Wildman–Crippen MR) is 105 cm³/mol. The summed E-state index contributed by atoms with van der Waals surface area (Å²) in [5.74, 6) is 1.14. The Morgan fingerprint density at radius 1 is 1.16 bits per heavy atom. The number of phenolic OH excluding ortho intramolecular Hbond substituents is 1. The second-order valence-corrected chi connectivity index (χ2v) is 7.32. The minimum absolute atomic E-state index is 0.327. The number of hydrogen-bond acceptors (Lipinski definition) is 6. The van der Waals surface area contributed by atoms with Crippen LogP contribution >= 0.6 is 11.3 Å². The highest BCUT2D eigenvalue weighted by Gasteiger charge is 2.13. The third-order valence-corrected chi connectivity index (χ3v) is 5.71. The molecule has 132 valence electrons. The Morgan fingerprint density at radius 3 is 2.64 bits per heavy atom. The zero-order valence-electron chi connectivity index (χ0n) is 15.1. The number of anilines is 2. The van der Waals surface area contributed by atoms with Gasteiger partial charge in [-0.2, -0.15) is 0 Å². The number of thiophene rings is 1. The van der Waals surface area contributed by atoms with Gasteiger partial charge in [0.15, 0.2) is 0 Å². The number of nitrogens with one attached hydrogen (secondary N) is 1. The number of phenols is 1. The maximum absolute atomic E-state index is 10.2. The van der Waals surface area contributed by atoms with Crippen molar-refractivity contribution in [3.05, 3.63) is 40.5 Å². The van der Waals surface area contributed by atoms with E-state index < -0.39 is 0 Å². The fraction of sp³-hybridized carbons (Fsp3) is 0.368. The molecule has 0 spiro atoms. The fourth-order valence-electron chi connectivity index (χ4n) is 2.89. The molecule has 0 saturated heterocycles. The van der Waals surface area contributed by atoms with Gasteiger partial charge in [-0.3, -0.25) is 4.90 Å². The number of hydrogen-bond donors (Lipinski definition) is 2. The quantitative estimate of drug-likeness (QED) is 0.632. The summed E-state index contributed by atoms with van der Waals surface area (Å²) in [6.45, 7) is 11.1. The van der Waals surface area contributed by atoms with Crippen LogP contribution in [0.4, 0.5) is 11.5 Å². The number of nitrogens with zero attached hydrogens (tertiary/aromatic N) is 3. The average Bonchev–Trinajstić information content (AvgIpc) is 2.90. The van der Waals surface area contributed by atoms with Gasteiger partial charge in [0.25, 0.3) is 0 Å². The van der Waals surface area contributed by atoms with E-state index in [1.807, 2.05) is 12.1 Å². The molecule has 3 aromatic rings. The maximum Gasteiger partial charge on any atom is 0.142 e. The van der Waals surface area contributed by atoms with Crippen LogP contribution < -0.4 is 5.32 Å². The monoisotopic (exact) mass is 356 g/mol. The van der Waals surface area contributed by atoms with Crippen LogP contribution in [0.25, 0.3) is 10.2 Å². The molecule has 25 heavy (non-hydrogen) atoms. The van der Waals surface area contributed by atoms with E-state index in [0.29, 0.717) is 5.75 Å². The highest BCUT2D eigenvalue weighted by Crippen LogP contribution is 2.34. The molecule has 0 aliphatic carbocycles. The van der Waals surface area contributed by atoms with Crippen LogP contribution in [-0.4, -0.2) is 33.1 Å². The van der Waals surface area contributed by atoms with Crippen molar-refractivity contribution in [2.75, 3.05) is 18.4 Å². The second kappa shape index (κ2) is 7.37. The van der Waals surface area contributed by atoms with E-state index in [-0.39, 0.29) is 0 Å². The summed E-state index contributed by atoms with van der Waals surface area (Å²) < 4.78 is 0. The van der Waals surface area contributed by atoms with Crippen molar-refractivity contribution in [3.8, 4) is 5.75 Å². The van der Waals surface area contributed by atoms with Gasteiger partial charge in [0.1, 0.15) is 22.7 Å². The molecule has 5 nitrogen and oxygen atoms in total. The van der Waals surface area contributed by atoms with E-state index in [1.165, 1.54) is 10.4 Å². The molecule has 1 aromatic carbocycles. The van der Waals surface area contributed by atoms with Crippen molar-refractivity contribution in [2.24, 2.45) is 0 Å². The van der Waals surface area contributed by atoms with E-state index in [1.54, 1.807) is 23.7 Å². The van der Waals surface area contributed by atoms with Crippen LogP contribution in [0.5, 0.6) is 5.75 Å². The summed E-state index contributed by atoms with van der Waals surface area (Å²) in [6.07, 6.45) is 1.59. The van der Waals surface area contributed by atoms with Crippen molar-refractivity contribution < 1.29 is 5.11 Å². The fourth-order valence-corrected chi connectivity index (χ4v) is 3.89. The first kappa shape index (κ1) is 17.6. The summed E-state index contributed by atoms with van der Waals surface area (Å²) >= 11 is 1.69. The molecular weight excluding hydrogens is 332 g/mol. The normalized spacial score (nSPS) is 11.4. The van der Waals surface area contributed by atoms with Crippen LogP contribution in [-0.2, 0) is 6.54 Å². The Labute approximate surface area is 152 Å². The first-order valence-electron chi connectivity index (χ1n) is 8.55. The number of aromatic hydroxyl groups is 1. The molecular formula is C19H24N4OS. The number of benzene rings is 1. The van der Waals surface area contributed by atoms with Gasteiger partial charge in [-0.1, -0.05) is 13.8 Å². The third-order valence-electron chi connectivity index (χ3n) is 4.60. The number of aryl methyl sites for hydroxylation is 2. The SMILES string of the molecule is CCN(CC)Cc1cc(Nc2ncnc3sc(C)c(C)c23)ccc1O.